The van der Waals surface area contributed by atoms with E-state index in [1.165, 1.54) is 32.2 Å². The lowest BCUT2D eigenvalue weighted by Crippen LogP contribution is -2.12. The monoisotopic (exact) mass is 436 g/mol. The molecule has 0 atom stereocenters. The first-order valence-electron chi connectivity index (χ1n) is 10.6. The lowest BCUT2D eigenvalue weighted by Gasteiger charge is -2.04. The average Bonchev–Trinajstić information content (AvgIpc) is 3.37. The molecular formula is C26H24N6O. The van der Waals surface area contributed by atoms with Gasteiger partial charge in [-0.3, -0.25) is 4.79 Å². The fourth-order valence-electron chi connectivity index (χ4n) is 3.87. The minimum Gasteiger partial charge on any atom is -0.381 e. The second kappa shape index (κ2) is 9.28. The van der Waals surface area contributed by atoms with Crippen LogP contribution in [0.25, 0.3) is 27.7 Å². The van der Waals surface area contributed by atoms with E-state index in [1.807, 2.05) is 6.92 Å². The molecule has 5 rings (SSSR count). The number of benzene rings is 2. The van der Waals surface area contributed by atoms with Gasteiger partial charge in [-0.15, -0.1) is 11.0 Å². The number of anilines is 1. The number of aromatic nitrogens is 4. The summed E-state index contributed by atoms with van der Waals surface area (Å²) < 4.78 is 1.41. The maximum atomic E-state index is 10.9. The molecule has 0 radical (unpaired) electrons. The molecule has 7 nitrogen and oxygen atoms in total. The molecule has 3 aromatic heterocycles. The highest BCUT2D eigenvalue weighted by atomic mass is 16.1. The number of carbonyl (C=O) groups is 1. The number of hydrogen-bond acceptors (Lipinski definition) is 4. The van der Waals surface area contributed by atoms with E-state index in [0.717, 1.165) is 12.0 Å². The third-order valence-corrected chi connectivity index (χ3v) is 5.25. The van der Waals surface area contributed by atoms with Crippen LogP contribution in [-0.2, 0) is 6.42 Å². The number of aryl methyl sites for hydroxylation is 1. The fourth-order valence-corrected chi connectivity index (χ4v) is 3.87. The highest BCUT2D eigenvalue weighted by molar-refractivity contribution is 6.03. The number of nitrogens with zero attached hydrogens (tertiary/aromatic N) is 3. The zero-order valence-electron chi connectivity index (χ0n) is 18.5. The van der Waals surface area contributed by atoms with E-state index < -0.39 is 5.91 Å². The van der Waals surface area contributed by atoms with Crippen molar-refractivity contribution in [2.75, 3.05) is 5.73 Å². The van der Waals surface area contributed by atoms with E-state index >= 15 is 0 Å². The maximum Gasteiger partial charge on any atom is 0.256 e. The first kappa shape index (κ1) is 21.7. The summed E-state index contributed by atoms with van der Waals surface area (Å²) in [5, 5.41) is 5.11. The van der Waals surface area contributed by atoms with Gasteiger partial charge in [-0.1, -0.05) is 49.2 Å². The van der Waals surface area contributed by atoms with Crippen LogP contribution in [0.1, 0.15) is 35.5 Å². The van der Waals surface area contributed by atoms with Gasteiger partial charge in [0.05, 0.1) is 0 Å². The molecule has 0 spiro atoms. The zero-order valence-corrected chi connectivity index (χ0v) is 18.5. The summed E-state index contributed by atoms with van der Waals surface area (Å²) in [5.41, 5.74) is 17.2. The van der Waals surface area contributed by atoms with Crippen LogP contribution in [-0.4, -0.2) is 25.5 Å². The molecule has 5 aromatic rings. The van der Waals surface area contributed by atoms with E-state index in [9.17, 15) is 4.79 Å². The minimum absolute atomic E-state index is 0.103. The smallest absolute Gasteiger partial charge is 0.256 e. The van der Waals surface area contributed by atoms with Gasteiger partial charge >= 0.3 is 0 Å². The number of nitrogens with one attached hydrogen (secondary N) is 1. The Hall–Kier alpha value is -4.57. The van der Waals surface area contributed by atoms with Gasteiger partial charge in [-0.05, 0) is 37.1 Å². The van der Waals surface area contributed by atoms with Crippen molar-refractivity contribution >= 4 is 28.3 Å². The molecule has 0 aliphatic carbocycles. The molecule has 33 heavy (non-hydrogen) atoms. The number of fused-ring (bicyclic) bond motifs is 2. The van der Waals surface area contributed by atoms with Gasteiger partial charge in [0.25, 0.3) is 5.91 Å². The molecule has 5 N–H and O–H groups in total. The highest BCUT2D eigenvalue weighted by Crippen LogP contribution is 2.34. The van der Waals surface area contributed by atoms with Crippen LogP contribution in [0.2, 0.25) is 0 Å². The van der Waals surface area contributed by atoms with Gasteiger partial charge < -0.3 is 16.5 Å². The number of hydrogen-bond donors (Lipinski definition) is 3. The Labute approximate surface area is 191 Å². The Morgan fingerprint density at radius 1 is 1.12 bits per heavy atom. The molecule has 0 fully saturated rings. The molecule has 0 saturated heterocycles. The predicted molar refractivity (Wildman–Crippen MR) is 132 cm³/mol. The van der Waals surface area contributed by atoms with Crippen molar-refractivity contribution in [1.29, 1.82) is 0 Å². The first-order chi connectivity index (χ1) is 16.0. The number of H-pyrrole nitrogens is 1. The number of rotatable bonds is 3. The zero-order chi connectivity index (χ0) is 23.4. The second-order valence-electron chi connectivity index (χ2n) is 7.31. The standard InChI is InChI=1S/C19H17N.C7H7N5O/c1-3-9-14-12-8-13-17-19(14)18(16(4-2)20-17)15-10-6-5-7-11-15;8-5-4(6(9)13)7-10-2-1-3-12(7)11-5/h5-8,10-13,20H,4H2,1-2H3;1-3H,(H2,8,11)(H2,9,13). The van der Waals surface area contributed by atoms with Crippen LogP contribution < -0.4 is 11.5 Å². The normalized spacial score (nSPS) is 10.4. The Bertz CT molecular complexity index is 1500. The molecule has 3 heterocycles. The summed E-state index contributed by atoms with van der Waals surface area (Å²) in [6.45, 7) is 4.07. The van der Waals surface area contributed by atoms with Crippen molar-refractivity contribution in [1.82, 2.24) is 19.6 Å². The average molecular weight is 437 g/mol. The summed E-state index contributed by atoms with van der Waals surface area (Å²) in [6.07, 6.45) is 4.17. The van der Waals surface area contributed by atoms with Crippen molar-refractivity contribution in [2.45, 2.75) is 20.3 Å². The SMILES string of the molecule is CC#Cc1cccc2[nH]c(CC)c(-c3ccccc3)c12.NC(=O)c1c(N)nn2cccnc12. The van der Waals surface area contributed by atoms with Gasteiger partial charge in [0, 0.05) is 40.1 Å². The number of carbonyl (C=O) groups excluding carboxylic acids is 1. The summed E-state index contributed by atoms with van der Waals surface area (Å²) in [6, 6.07) is 18.5. The Morgan fingerprint density at radius 3 is 2.61 bits per heavy atom. The van der Waals surface area contributed by atoms with Crippen molar-refractivity contribution < 1.29 is 4.79 Å². The topological polar surface area (TPSA) is 115 Å². The van der Waals surface area contributed by atoms with Gasteiger partial charge in [0.1, 0.15) is 5.56 Å². The summed E-state index contributed by atoms with van der Waals surface area (Å²) in [4.78, 5) is 18.4. The van der Waals surface area contributed by atoms with Gasteiger partial charge in [-0.25, -0.2) is 9.50 Å². The van der Waals surface area contributed by atoms with E-state index in [0.29, 0.717) is 5.65 Å². The summed E-state index contributed by atoms with van der Waals surface area (Å²) in [5.74, 6) is 5.73. The third-order valence-electron chi connectivity index (χ3n) is 5.25. The number of nitrogens with two attached hydrogens (primary N) is 2. The molecule has 0 bridgehead atoms. The fraction of sp³-hybridized carbons (Fsp3) is 0.115. The second-order valence-corrected chi connectivity index (χ2v) is 7.31. The molecule has 7 heteroatoms. The van der Waals surface area contributed by atoms with Crippen molar-refractivity contribution in [3.8, 4) is 23.0 Å². The maximum absolute atomic E-state index is 10.9. The Morgan fingerprint density at radius 2 is 1.91 bits per heavy atom. The number of primary amides is 1. The quantitative estimate of drug-likeness (QED) is 0.368. The molecule has 0 aliphatic rings. The van der Waals surface area contributed by atoms with Gasteiger partial charge in [-0.2, -0.15) is 0 Å². The van der Waals surface area contributed by atoms with Crippen LogP contribution in [0, 0.1) is 11.8 Å². The van der Waals surface area contributed by atoms with E-state index in [-0.39, 0.29) is 11.4 Å². The Balaban J connectivity index is 0.000000172. The van der Waals surface area contributed by atoms with Crippen LogP contribution in [0.15, 0.2) is 67.0 Å². The molecule has 0 aliphatic heterocycles. The number of amides is 1. The van der Waals surface area contributed by atoms with E-state index in [2.05, 4.69) is 82.4 Å². The largest absolute Gasteiger partial charge is 0.381 e. The third kappa shape index (κ3) is 4.14. The minimum atomic E-state index is -0.619. The highest BCUT2D eigenvalue weighted by Gasteiger charge is 2.16. The predicted octanol–water partition coefficient (Wildman–Crippen LogP) is 4.18. The van der Waals surface area contributed by atoms with Crippen LogP contribution in [0.3, 0.4) is 0 Å². The number of nitrogen functional groups attached to an aromatic ring is 1. The number of aromatic amines is 1. The van der Waals surface area contributed by atoms with Gasteiger partial charge in [0.15, 0.2) is 11.5 Å². The van der Waals surface area contributed by atoms with E-state index in [4.69, 9.17) is 11.5 Å². The van der Waals surface area contributed by atoms with Crippen molar-refractivity contribution in [3.63, 3.8) is 0 Å². The van der Waals surface area contributed by atoms with E-state index in [1.54, 1.807) is 18.5 Å². The summed E-state index contributed by atoms with van der Waals surface area (Å²) in [7, 11) is 0. The molecule has 0 unspecified atom stereocenters. The lowest BCUT2D eigenvalue weighted by atomic mass is 9.98. The molecule has 0 saturated carbocycles. The molecule has 164 valence electrons. The molecule has 1 amide bonds. The first-order valence-corrected chi connectivity index (χ1v) is 10.6. The van der Waals surface area contributed by atoms with Gasteiger partial charge in [0.2, 0.25) is 0 Å². The van der Waals surface area contributed by atoms with Crippen LogP contribution in [0.4, 0.5) is 5.82 Å². The summed E-state index contributed by atoms with van der Waals surface area (Å²) >= 11 is 0. The van der Waals surface area contributed by atoms with Crippen molar-refractivity contribution in [2.24, 2.45) is 5.73 Å². The van der Waals surface area contributed by atoms with Crippen LogP contribution in [0.5, 0.6) is 0 Å². The lowest BCUT2D eigenvalue weighted by molar-refractivity contribution is 0.100. The Kier molecular flexibility index (Phi) is 6.09. The van der Waals surface area contributed by atoms with Crippen LogP contribution >= 0.6 is 0 Å². The molecule has 2 aromatic carbocycles. The molecular weight excluding hydrogens is 412 g/mol. The van der Waals surface area contributed by atoms with Crippen molar-refractivity contribution in [3.05, 3.63) is 83.8 Å².